The Morgan fingerprint density at radius 3 is 2.83 bits per heavy atom. The van der Waals surface area contributed by atoms with Crippen LogP contribution in [0.5, 0.6) is 0 Å². The van der Waals surface area contributed by atoms with Crippen molar-refractivity contribution in [1.29, 1.82) is 0 Å². The summed E-state index contributed by atoms with van der Waals surface area (Å²) in [6, 6.07) is 0.530. The Balaban J connectivity index is 2.00. The van der Waals surface area contributed by atoms with Crippen molar-refractivity contribution in [3.05, 3.63) is 0 Å². The van der Waals surface area contributed by atoms with Crippen molar-refractivity contribution < 1.29 is 4.79 Å². The summed E-state index contributed by atoms with van der Waals surface area (Å²) in [5.74, 6) is 0. The molecule has 0 aliphatic carbocycles. The lowest BCUT2D eigenvalue weighted by Gasteiger charge is -1.71. The summed E-state index contributed by atoms with van der Waals surface area (Å²) >= 11 is 0. The predicted molar refractivity (Wildman–Crippen MR) is 22.5 cm³/mol. The monoisotopic (exact) mass is 85.1 g/mol. The Morgan fingerprint density at radius 1 is 2.00 bits per heavy atom. The minimum atomic E-state index is 0.530. The lowest BCUT2D eigenvalue weighted by molar-refractivity contribution is -0.107. The number of aldehydes is 1. The van der Waals surface area contributed by atoms with E-state index in [1.807, 2.05) is 0 Å². The van der Waals surface area contributed by atoms with E-state index in [1.54, 1.807) is 0 Å². The van der Waals surface area contributed by atoms with Crippen LogP contribution in [0.15, 0.2) is 0 Å². The quantitative estimate of drug-likeness (QED) is 0.364. The van der Waals surface area contributed by atoms with E-state index in [1.165, 1.54) is 0 Å². The van der Waals surface area contributed by atoms with Gasteiger partial charge in [0.2, 0.25) is 0 Å². The number of carbonyl (C=O) groups is 1. The first-order chi connectivity index (χ1) is 2.93. The van der Waals surface area contributed by atoms with E-state index < -0.39 is 0 Å². The fourth-order valence-corrected chi connectivity index (χ4v) is 0.366. The zero-order valence-corrected chi connectivity index (χ0v) is 3.48. The van der Waals surface area contributed by atoms with Crippen LogP contribution in [-0.4, -0.2) is 18.9 Å². The normalized spacial score (nSPS) is 29.7. The molecule has 0 aromatic heterocycles. The summed E-state index contributed by atoms with van der Waals surface area (Å²) in [5.41, 5.74) is 0. The Morgan fingerprint density at radius 2 is 2.67 bits per heavy atom. The molecule has 0 saturated carbocycles. The van der Waals surface area contributed by atoms with Crippen molar-refractivity contribution in [3.8, 4) is 0 Å². The smallest absolute Gasteiger partial charge is 0.121 e. The van der Waals surface area contributed by atoms with E-state index in [0.717, 1.165) is 12.8 Å². The highest BCUT2D eigenvalue weighted by molar-refractivity contribution is 5.51. The molecule has 1 saturated heterocycles. The highest BCUT2D eigenvalue weighted by atomic mass is 16.1. The molecule has 1 atom stereocenters. The van der Waals surface area contributed by atoms with E-state index >= 15 is 0 Å². The summed E-state index contributed by atoms with van der Waals surface area (Å²) in [5, 5.41) is 3.00. The maximum Gasteiger partial charge on any atom is 0.121 e. The van der Waals surface area contributed by atoms with Gasteiger partial charge in [-0.1, -0.05) is 0 Å². The summed E-state index contributed by atoms with van der Waals surface area (Å²) in [7, 11) is 0. The maximum absolute atomic E-state index is 9.62. The second kappa shape index (κ2) is 1.39. The van der Waals surface area contributed by atoms with Crippen molar-refractivity contribution in [2.24, 2.45) is 0 Å². The summed E-state index contributed by atoms with van der Waals surface area (Å²) in [4.78, 5) is 9.62. The fourth-order valence-electron chi connectivity index (χ4n) is 0.366. The summed E-state index contributed by atoms with van der Waals surface area (Å²) in [6.07, 6.45) is 1.64. The number of carbonyl (C=O) groups excluding carboxylic acids is 1. The van der Waals surface area contributed by atoms with E-state index in [-0.39, 0.29) is 0 Å². The Bertz CT molecular complexity index is 58.6. The molecule has 1 aliphatic rings. The van der Waals surface area contributed by atoms with Gasteiger partial charge in [-0.25, -0.2) is 0 Å². The molecular formula is C4H7NO. The lowest BCUT2D eigenvalue weighted by Crippen LogP contribution is -1.88. The molecule has 1 aliphatic heterocycles. The molecule has 1 heterocycles. The van der Waals surface area contributed by atoms with Gasteiger partial charge in [0, 0.05) is 19.0 Å². The highest BCUT2D eigenvalue weighted by Crippen LogP contribution is 1.97. The van der Waals surface area contributed by atoms with Gasteiger partial charge in [-0.2, -0.15) is 0 Å². The third kappa shape index (κ3) is 0.792. The van der Waals surface area contributed by atoms with Crippen LogP contribution in [0.2, 0.25) is 0 Å². The topological polar surface area (TPSA) is 39.0 Å². The molecule has 1 N–H and O–H groups in total. The van der Waals surface area contributed by atoms with Gasteiger partial charge in [-0.05, 0) is 0 Å². The van der Waals surface area contributed by atoms with Crippen LogP contribution in [-0.2, 0) is 4.79 Å². The Labute approximate surface area is 36.5 Å². The van der Waals surface area contributed by atoms with Gasteiger partial charge in [-0.15, -0.1) is 0 Å². The maximum atomic E-state index is 9.62. The third-order valence-corrected chi connectivity index (χ3v) is 0.874. The summed E-state index contributed by atoms with van der Waals surface area (Å²) in [6.45, 7) is 1.04. The molecule has 1 fully saturated rings. The molecule has 0 spiro atoms. The zero-order valence-electron chi connectivity index (χ0n) is 3.48. The van der Waals surface area contributed by atoms with E-state index in [2.05, 4.69) is 5.32 Å². The predicted octanol–water partition coefficient (Wildman–Crippen LogP) is -0.453. The number of nitrogens with one attached hydrogen (secondary N) is 1. The molecule has 0 aromatic carbocycles. The highest BCUT2D eigenvalue weighted by Gasteiger charge is 2.17. The standard InChI is InChI=1S/C4H7NO/c6-2-1-4-3-5-4/h2,4-5H,1,3H2. The minimum absolute atomic E-state index is 0.530. The SMILES string of the molecule is O=CCC1CN1. The second-order valence-corrected chi connectivity index (χ2v) is 1.51. The summed E-state index contributed by atoms with van der Waals surface area (Å²) < 4.78 is 0. The number of hydrogen-bond donors (Lipinski definition) is 1. The number of rotatable bonds is 2. The molecule has 2 heteroatoms. The van der Waals surface area contributed by atoms with Crippen LogP contribution in [0.3, 0.4) is 0 Å². The van der Waals surface area contributed by atoms with Crippen LogP contribution in [0.25, 0.3) is 0 Å². The van der Waals surface area contributed by atoms with Gasteiger partial charge in [0.25, 0.3) is 0 Å². The Hall–Kier alpha value is -0.370. The van der Waals surface area contributed by atoms with Crippen LogP contribution < -0.4 is 5.32 Å². The van der Waals surface area contributed by atoms with Crippen LogP contribution >= 0.6 is 0 Å². The van der Waals surface area contributed by atoms with Gasteiger partial charge in [-0.3, -0.25) is 0 Å². The molecular weight excluding hydrogens is 78.0 g/mol. The van der Waals surface area contributed by atoms with Gasteiger partial charge in [0.15, 0.2) is 0 Å². The van der Waals surface area contributed by atoms with E-state index in [9.17, 15) is 4.79 Å². The zero-order chi connectivity index (χ0) is 4.41. The molecule has 1 unspecified atom stereocenters. The van der Waals surface area contributed by atoms with Crippen molar-refractivity contribution in [2.75, 3.05) is 6.54 Å². The van der Waals surface area contributed by atoms with E-state index in [4.69, 9.17) is 0 Å². The lowest BCUT2D eigenvalue weighted by atomic mass is 10.4. The number of hydrogen-bond acceptors (Lipinski definition) is 2. The minimum Gasteiger partial charge on any atom is -0.311 e. The first-order valence-electron chi connectivity index (χ1n) is 2.10. The third-order valence-electron chi connectivity index (χ3n) is 0.874. The first kappa shape index (κ1) is 3.81. The van der Waals surface area contributed by atoms with Crippen molar-refractivity contribution in [2.45, 2.75) is 12.5 Å². The molecule has 0 aromatic rings. The molecule has 0 radical (unpaired) electrons. The van der Waals surface area contributed by atoms with Crippen LogP contribution in [0, 0.1) is 0 Å². The van der Waals surface area contributed by atoms with Crippen LogP contribution in [0.4, 0.5) is 0 Å². The van der Waals surface area contributed by atoms with Gasteiger partial charge in [0.05, 0.1) is 0 Å². The largest absolute Gasteiger partial charge is 0.311 e. The molecule has 0 amide bonds. The second-order valence-electron chi connectivity index (χ2n) is 1.51. The molecule has 6 heavy (non-hydrogen) atoms. The fraction of sp³-hybridized carbons (Fsp3) is 0.750. The molecule has 1 rings (SSSR count). The van der Waals surface area contributed by atoms with Gasteiger partial charge < -0.3 is 10.1 Å². The van der Waals surface area contributed by atoms with Crippen molar-refractivity contribution >= 4 is 6.29 Å². The molecule has 0 bridgehead atoms. The van der Waals surface area contributed by atoms with Gasteiger partial charge >= 0.3 is 0 Å². The first-order valence-corrected chi connectivity index (χ1v) is 2.10. The average Bonchev–Trinajstić information content (AvgIpc) is 2.21. The van der Waals surface area contributed by atoms with Crippen LogP contribution in [0.1, 0.15) is 6.42 Å². The average molecular weight is 85.1 g/mol. The van der Waals surface area contributed by atoms with E-state index in [0.29, 0.717) is 12.5 Å². The van der Waals surface area contributed by atoms with Crippen molar-refractivity contribution in [3.63, 3.8) is 0 Å². The van der Waals surface area contributed by atoms with Gasteiger partial charge in [0.1, 0.15) is 6.29 Å². The Kier molecular flexibility index (Phi) is 0.881. The van der Waals surface area contributed by atoms with Crippen molar-refractivity contribution in [1.82, 2.24) is 5.32 Å². The molecule has 34 valence electrons. The molecule has 2 nitrogen and oxygen atoms in total.